The highest BCUT2D eigenvalue weighted by Crippen LogP contribution is 2.38. The van der Waals surface area contributed by atoms with Crippen molar-refractivity contribution in [3.63, 3.8) is 0 Å². The van der Waals surface area contributed by atoms with E-state index in [9.17, 15) is 13.3 Å². The summed E-state index contributed by atoms with van der Waals surface area (Å²) < 4.78 is 35.9. The second kappa shape index (κ2) is 9.06. The highest BCUT2D eigenvalue weighted by Gasteiger charge is 2.15. The number of nitrogens with zero attached hydrogens (tertiary/aromatic N) is 3. The minimum atomic E-state index is -2.74. The lowest BCUT2D eigenvalue weighted by molar-refractivity contribution is 0.0566. The van der Waals surface area contributed by atoms with E-state index in [0.29, 0.717) is 44.4 Å². The summed E-state index contributed by atoms with van der Waals surface area (Å²) in [5.74, 6) is 0.520. The smallest absolute Gasteiger partial charge is 0.333 e. The Hall–Kier alpha value is -2.91. The van der Waals surface area contributed by atoms with Crippen LogP contribution in [0.1, 0.15) is 31.9 Å². The molecule has 9 heteroatoms. The van der Waals surface area contributed by atoms with E-state index in [1.807, 2.05) is 24.3 Å². The number of aliphatic imine (C=N–C) groups is 1. The lowest BCUT2D eigenvalue weighted by Crippen LogP contribution is -2.22. The van der Waals surface area contributed by atoms with Crippen molar-refractivity contribution in [1.29, 1.82) is 0 Å². The van der Waals surface area contributed by atoms with E-state index in [1.54, 1.807) is 18.2 Å². The molecule has 1 aromatic heterocycles. The fraction of sp³-hybridized carbons (Fsp3) is 0.200. The first-order valence-electron chi connectivity index (χ1n) is 8.87. The van der Waals surface area contributed by atoms with Crippen LogP contribution in [-0.4, -0.2) is 20.3 Å². The minimum Gasteiger partial charge on any atom is -0.369 e. The first-order valence-corrected chi connectivity index (χ1v) is 9.64. The number of hydrogen-bond donors (Lipinski definition) is 3. The van der Waals surface area contributed by atoms with Crippen molar-refractivity contribution in [1.82, 2.24) is 9.78 Å². The average molecular weight is 417 g/mol. The van der Waals surface area contributed by atoms with Crippen LogP contribution in [0.4, 0.5) is 20.2 Å². The van der Waals surface area contributed by atoms with Crippen LogP contribution in [0.2, 0.25) is 0 Å². The van der Waals surface area contributed by atoms with E-state index in [1.165, 1.54) is 18.0 Å². The fourth-order valence-electron chi connectivity index (χ4n) is 2.78. The molecular formula is C20H21F2N5OS. The Morgan fingerprint density at radius 2 is 1.93 bits per heavy atom. The summed E-state index contributed by atoms with van der Waals surface area (Å²) in [4.78, 5) is 4.83. The third-order valence-electron chi connectivity index (χ3n) is 4.29. The predicted molar refractivity (Wildman–Crippen MR) is 113 cm³/mol. The molecule has 0 spiro atoms. The number of halogens is 2. The average Bonchev–Trinajstić information content (AvgIpc) is 3.19. The third kappa shape index (κ3) is 4.93. The highest BCUT2D eigenvalue weighted by molar-refractivity contribution is 7.94. The van der Waals surface area contributed by atoms with E-state index < -0.39 is 6.55 Å². The van der Waals surface area contributed by atoms with Gasteiger partial charge in [-0.1, -0.05) is 38.1 Å². The van der Waals surface area contributed by atoms with E-state index in [0.717, 1.165) is 5.69 Å². The van der Waals surface area contributed by atoms with Crippen LogP contribution in [-0.2, 0) is 0 Å². The molecule has 0 fully saturated rings. The Bertz CT molecular complexity index is 1000. The van der Waals surface area contributed by atoms with E-state index in [2.05, 4.69) is 29.3 Å². The van der Waals surface area contributed by atoms with Gasteiger partial charge in [-0.3, -0.25) is 0 Å². The molecule has 2 aromatic carbocycles. The Labute approximate surface area is 171 Å². The molecule has 0 atom stereocenters. The molecule has 29 heavy (non-hydrogen) atoms. The predicted octanol–water partition coefficient (Wildman–Crippen LogP) is 5.69. The van der Waals surface area contributed by atoms with Gasteiger partial charge in [-0.15, -0.1) is 0 Å². The number of hydrogen-bond acceptors (Lipinski definition) is 4. The first kappa shape index (κ1) is 20.8. The van der Waals surface area contributed by atoms with Gasteiger partial charge in [-0.2, -0.15) is 13.9 Å². The number of nitrogens with two attached hydrogens (primary N) is 1. The van der Waals surface area contributed by atoms with Crippen LogP contribution in [0, 0.1) is 0 Å². The normalized spacial score (nSPS) is 12.0. The Morgan fingerprint density at radius 1 is 1.21 bits per heavy atom. The zero-order valence-corrected chi connectivity index (χ0v) is 16.7. The molecule has 0 saturated heterocycles. The second-order valence-electron chi connectivity index (χ2n) is 6.63. The molecule has 3 rings (SSSR count). The standard InChI is InChI=1S/C20H21F2N5OS/c1-12(2)13-6-8-15(9-7-13)25-20(23)26-18-16(4-3-5-17(18)29-28)14-10-24-27(11-14)19(21)22/h3-12,19,28H,1-2H3,(H3,23,25,26). The van der Waals surface area contributed by atoms with Crippen LogP contribution < -0.4 is 11.1 Å². The molecular weight excluding hydrogens is 396 g/mol. The van der Waals surface area contributed by atoms with E-state index in [-0.39, 0.29) is 5.96 Å². The monoisotopic (exact) mass is 417 g/mol. The maximum atomic E-state index is 12.9. The van der Waals surface area contributed by atoms with Crippen molar-refractivity contribution in [2.24, 2.45) is 10.7 Å². The molecule has 0 bridgehead atoms. The van der Waals surface area contributed by atoms with Crippen molar-refractivity contribution < 1.29 is 13.3 Å². The Balaban J connectivity index is 1.93. The van der Waals surface area contributed by atoms with Gasteiger partial charge >= 0.3 is 6.55 Å². The van der Waals surface area contributed by atoms with Crippen molar-refractivity contribution >= 4 is 29.4 Å². The quantitative estimate of drug-likeness (QED) is 0.272. The van der Waals surface area contributed by atoms with Crippen molar-refractivity contribution in [3.05, 3.63) is 60.4 Å². The third-order valence-corrected chi connectivity index (χ3v) is 4.82. The summed E-state index contributed by atoms with van der Waals surface area (Å²) in [6.45, 7) is 1.48. The number of aromatic nitrogens is 2. The lowest BCUT2D eigenvalue weighted by atomic mass is 10.0. The molecule has 0 saturated carbocycles. The van der Waals surface area contributed by atoms with Gasteiger partial charge in [0.25, 0.3) is 0 Å². The number of rotatable bonds is 6. The molecule has 0 aliphatic carbocycles. The largest absolute Gasteiger partial charge is 0.369 e. The van der Waals surface area contributed by atoms with Gasteiger partial charge in [0, 0.05) is 35.1 Å². The maximum absolute atomic E-state index is 12.9. The number of anilines is 1. The second-order valence-corrected chi connectivity index (χ2v) is 7.25. The summed E-state index contributed by atoms with van der Waals surface area (Å²) in [7, 11) is 0. The SMILES string of the molecule is CC(C)c1ccc(NC(N)=Nc2c(SO)cccc2-c2cnn(C(F)F)c2)cc1. The molecule has 6 nitrogen and oxygen atoms in total. The van der Waals surface area contributed by atoms with Crippen LogP contribution in [0.25, 0.3) is 11.1 Å². The number of nitrogens with one attached hydrogen (secondary N) is 1. The molecule has 0 aliphatic rings. The Kier molecular flexibility index (Phi) is 6.50. The van der Waals surface area contributed by atoms with Crippen molar-refractivity contribution in [2.45, 2.75) is 31.2 Å². The molecule has 3 aromatic rings. The molecule has 152 valence electrons. The summed E-state index contributed by atoms with van der Waals surface area (Å²) in [5.41, 5.74) is 9.35. The van der Waals surface area contributed by atoms with Gasteiger partial charge < -0.3 is 15.6 Å². The highest BCUT2D eigenvalue weighted by atomic mass is 32.2. The van der Waals surface area contributed by atoms with Gasteiger partial charge in [0.15, 0.2) is 5.96 Å². The molecule has 0 radical (unpaired) electrons. The molecule has 0 amide bonds. The first-order chi connectivity index (χ1) is 13.9. The van der Waals surface area contributed by atoms with Crippen LogP contribution in [0.3, 0.4) is 0 Å². The van der Waals surface area contributed by atoms with Gasteiger partial charge in [-0.05, 0) is 29.7 Å². The van der Waals surface area contributed by atoms with Crippen molar-refractivity contribution in [2.75, 3.05) is 5.32 Å². The Morgan fingerprint density at radius 3 is 2.52 bits per heavy atom. The fourth-order valence-corrected chi connectivity index (χ4v) is 3.16. The number of benzene rings is 2. The summed E-state index contributed by atoms with van der Waals surface area (Å²) >= 11 is 0.505. The summed E-state index contributed by atoms with van der Waals surface area (Å²) in [5, 5.41) is 6.67. The topological polar surface area (TPSA) is 88.5 Å². The minimum absolute atomic E-state index is 0.103. The van der Waals surface area contributed by atoms with Gasteiger partial charge in [-0.25, -0.2) is 9.67 Å². The van der Waals surface area contributed by atoms with E-state index >= 15 is 0 Å². The van der Waals surface area contributed by atoms with Crippen LogP contribution >= 0.6 is 12.0 Å². The lowest BCUT2D eigenvalue weighted by Gasteiger charge is -2.11. The van der Waals surface area contributed by atoms with Gasteiger partial charge in [0.2, 0.25) is 0 Å². The molecule has 4 N–H and O–H groups in total. The number of guanidine groups is 1. The summed E-state index contributed by atoms with van der Waals surface area (Å²) in [6.07, 6.45) is 2.54. The number of para-hydroxylation sites is 1. The summed E-state index contributed by atoms with van der Waals surface area (Å²) in [6, 6.07) is 12.9. The van der Waals surface area contributed by atoms with Crippen LogP contribution in [0.15, 0.2) is 64.7 Å². The zero-order valence-electron chi connectivity index (χ0n) is 15.9. The van der Waals surface area contributed by atoms with Gasteiger partial charge in [0.1, 0.15) is 0 Å². The van der Waals surface area contributed by atoms with E-state index in [4.69, 9.17) is 5.73 Å². The molecule has 0 aliphatic heterocycles. The van der Waals surface area contributed by atoms with Crippen LogP contribution in [0.5, 0.6) is 0 Å². The maximum Gasteiger partial charge on any atom is 0.333 e. The number of alkyl halides is 2. The molecule has 1 heterocycles. The molecule has 0 unspecified atom stereocenters. The van der Waals surface area contributed by atoms with Gasteiger partial charge in [0.05, 0.1) is 16.8 Å². The zero-order chi connectivity index (χ0) is 21.0. The van der Waals surface area contributed by atoms with Crippen molar-refractivity contribution in [3.8, 4) is 11.1 Å².